The second-order valence-electron chi connectivity index (χ2n) is 4.34. The summed E-state index contributed by atoms with van der Waals surface area (Å²) in [5.41, 5.74) is 6.76. The average Bonchev–Trinajstić information content (AvgIpc) is 2.25. The minimum atomic E-state index is 0.157. The van der Waals surface area contributed by atoms with E-state index >= 15 is 0 Å². The van der Waals surface area contributed by atoms with Crippen LogP contribution >= 0.6 is 0 Å². The van der Waals surface area contributed by atoms with Crippen molar-refractivity contribution >= 4 is 11.6 Å². The minimum absolute atomic E-state index is 0.157. The smallest absolute Gasteiger partial charge is 0.134 e. The van der Waals surface area contributed by atoms with Crippen molar-refractivity contribution in [2.75, 3.05) is 24.2 Å². The van der Waals surface area contributed by atoms with Crippen LogP contribution in [0.1, 0.15) is 32.3 Å². The number of nitrogens with two attached hydrogens (primary N) is 1. The summed E-state index contributed by atoms with van der Waals surface area (Å²) >= 11 is 0. The van der Waals surface area contributed by atoms with E-state index in [1.165, 1.54) is 6.33 Å². The lowest BCUT2D eigenvalue weighted by Crippen LogP contribution is -2.17. The number of aliphatic hydroxyl groups is 1. The SMILES string of the molecule is CC(CO)CNc1ncnc(N)c1C(C)C. The van der Waals surface area contributed by atoms with Crippen LogP contribution in [0.2, 0.25) is 0 Å². The summed E-state index contributed by atoms with van der Waals surface area (Å²) in [5, 5.41) is 12.1. The second kappa shape index (κ2) is 5.65. The number of aliphatic hydroxyl groups excluding tert-OH is 1. The van der Waals surface area contributed by atoms with Gasteiger partial charge in [-0.1, -0.05) is 20.8 Å². The summed E-state index contributed by atoms with van der Waals surface area (Å²) in [6, 6.07) is 0. The molecular weight excluding hydrogens is 204 g/mol. The molecule has 4 N–H and O–H groups in total. The highest BCUT2D eigenvalue weighted by atomic mass is 16.3. The molecular formula is C11H20N4O. The monoisotopic (exact) mass is 224 g/mol. The maximum Gasteiger partial charge on any atom is 0.134 e. The molecule has 0 radical (unpaired) electrons. The Kier molecular flexibility index (Phi) is 4.49. The van der Waals surface area contributed by atoms with Crippen molar-refractivity contribution in [2.24, 2.45) is 5.92 Å². The third kappa shape index (κ3) is 3.06. The fourth-order valence-corrected chi connectivity index (χ4v) is 1.45. The van der Waals surface area contributed by atoms with Gasteiger partial charge in [-0.15, -0.1) is 0 Å². The first-order valence-corrected chi connectivity index (χ1v) is 5.51. The highest BCUT2D eigenvalue weighted by Gasteiger charge is 2.13. The van der Waals surface area contributed by atoms with E-state index in [2.05, 4.69) is 29.1 Å². The third-order valence-electron chi connectivity index (χ3n) is 2.42. The number of anilines is 2. The zero-order valence-corrected chi connectivity index (χ0v) is 10.1. The minimum Gasteiger partial charge on any atom is -0.396 e. The fourth-order valence-electron chi connectivity index (χ4n) is 1.45. The van der Waals surface area contributed by atoms with E-state index in [9.17, 15) is 0 Å². The Morgan fingerprint density at radius 2 is 2.06 bits per heavy atom. The number of nitrogen functional groups attached to an aromatic ring is 1. The van der Waals surface area contributed by atoms with Crippen LogP contribution in [-0.4, -0.2) is 28.2 Å². The van der Waals surface area contributed by atoms with Crippen molar-refractivity contribution in [2.45, 2.75) is 26.7 Å². The van der Waals surface area contributed by atoms with Gasteiger partial charge in [-0.3, -0.25) is 0 Å². The Morgan fingerprint density at radius 1 is 1.38 bits per heavy atom. The van der Waals surface area contributed by atoms with Crippen LogP contribution in [0.5, 0.6) is 0 Å². The van der Waals surface area contributed by atoms with Crippen molar-refractivity contribution in [3.63, 3.8) is 0 Å². The van der Waals surface area contributed by atoms with E-state index in [1.807, 2.05) is 6.92 Å². The van der Waals surface area contributed by atoms with E-state index in [-0.39, 0.29) is 18.4 Å². The number of hydrogen-bond donors (Lipinski definition) is 3. The molecule has 16 heavy (non-hydrogen) atoms. The summed E-state index contributed by atoms with van der Waals surface area (Å²) in [6.07, 6.45) is 1.45. The summed E-state index contributed by atoms with van der Waals surface area (Å²) in [5.74, 6) is 1.75. The lowest BCUT2D eigenvalue weighted by molar-refractivity contribution is 0.244. The lowest BCUT2D eigenvalue weighted by atomic mass is 10.0. The lowest BCUT2D eigenvalue weighted by Gasteiger charge is -2.16. The molecule has 1 aromatic heterocycles. The molecule has 1 unspecified atom stereocenters. The van der Waals surface area contributed by atoms with Gasteiger partial charge in [0.1, 0.15) is 18.0 Å². The van der Waals surface area contributed by atoms with Crippen LogP contribution in [0.4, 0.5) is 11.6 Å². The Labute approximate surface area is 96.1 Å². The number of nitrogens with one attached hydrogen (secondary N) is 1. The molecule has 0 aliphatic heterocycles. The Balaban J connectivity index is 2.83. The Bertz CT molecular complexity index is 341. The van der Waals surface area contributed by atoms with E-state index in [0.29, 0.717) is 12.4 Å². The molecule has 0 saturated carbocycles. The first-order chi connectivity index (χ1) is 7.56. The van der Waals surface area contributed by atoms with Gasteiger partial charge in [0.05, 0.1) is 0 Å². The highest BCUT2D eigenvalue weighted by Crippen LogP contribution is 2.26. The van der Waals surface area contributed by atoms with E-state index in [4.69, 9.17) is 10.8 Å². The molecule has 1 rings (SSSR count). The molecule has 0 aliphatic rings. The van der Waals surface area contributed by atoms with Gasteiger partial charge in [0.15, 0.2) is 0 Å². The molecule has 90 valence electrons. The standard InChI is InChI=1S/C11H20N4O/c1-7(2)9-10(12)14-6-15-11(9)13-4-8(3)5-16/h6-8,16H,4-5H2,1-3H3,(H3,12,13,14,15). The van der Waals surface area contributed by atoms with Gasteiger partial charge in [-0.2, -0.15) is 0 Å². The molecule has 0 fully saturated rings. The first kappa shape index (κ1) is 12.7. The molecule has 5 nitrogen and oxygen atoms in total. The largest absolute Gasteiger partial charge is 0.396 e. The molecule has 0 bridgehead atoms. The van der Waals surface area contributed by atoms with Crippen LogP contribution in [0, 0.1) is 5.92 Å². The van der Waals surface area contributed by atoms with Gasteiger partial charge in [0, 0.05) is 18.7 Å². The van der Waals surface area contributed by atoms with Crippen LogP contribution in [0.3, 0.4) is 0 Å². The summed E-state index contributed by atoms with van der Waals surface area (Å²) in [4.78, 5) is 8.17. The van der Waals surface area contributed by atoms with Crippen molar-refractivity contribution < 1.29 is 5.11 Å². The summed E-state index contributed by atoms with van der Waals surface area (Å²) in [7, 11) is 0. The molecule has 1 heterocycles. The van der Waals surface area contributed by atoms with Crippen LogP contribution < -0.4 is 11.1 Å². The number of hydrogen-bond acceptors (Lipinski definition) is 5. The number of aromatic nitrogens is 2. The first-order valence-electron chi connectivity index (χ1n) is 5.51. The van der Waals surface area contributed by atoms with Crippen molar-refractivity contribution in [1.82, 2.24) is 9.97 Å². The van der Waals surface area contributed by atoms with Gasteiger partial charge in [0.25, 0.3) is 0 Å². The van der Waals surface area contributed by atoms with E-state index < -0.39 is 0 Å². The fraction of sp³-hybridized carbons (Fsp3) is 0.636. The third-order valence-corrected chi connectivity index (χ3v) is 2.42. The molecule has 0 spiro atoms. The van der Waals surface area contributed by atoms with Crippen molar-refractivity contribution in [3.05, 3.63) is 11.9 Å². The molecule has 0 aromatic carbocycles. The van der Waals surface area contributed by atoms with Crippen molar-refractivity contribution in [3.8, 4) is 0 Å². The van der Waals surface area contributed by atoms with Gasteiger partial charge in [-0.25, -0.2) is 9.97 Å². The topological polar surface area (TPSA) is 84.1 Å². The van der Waals surface area contributed by atoms with Crippen LogP contribution in [0.25, 0.3) is 0 Å². The molecule has 1 aromatic rings. The Hall–Kier alpha value is -1.36. The molecule has 1 atom stereocenters. The predicted molar refractivity (Wildman–Crippen MR) is 65.3 cm³/mol. The number of rotatable bonds is 5. The van der Waals surface area contributed by atoms with Crippen LogP contribution in [0.15, 0.2) is 6.33 Å². The average molecular weight is 224 g/mol. The summed E-state index contributed by atoms with van der Waals surface area (Å²) < 4.78 is 0. The highest BCUT2D eigenvalue weighted by molar-refractivity contribution is 5.56. The van der Waals surface area contributed by atoms with Gasteiger partial charge in [0.2, 0.25) is 0 Å². The molecule has 0 amide bonds. The zero-order valence-electron chi connectivity index (χ0n) is 10.1. The van der Waals surface area contributed by atoms with Gasteiger partial charge < -0.3 is 16.2 Å². The van der Waals surface area contributed by atoms with Crippen molar-refractivity contribution in [1.29, 1.82) is 0 Å². The second-order valence-corrected chi connectivity index (χ2v) is 4.34. The summed E-state index contributed by atoms with van der Waals surface area (Å²) in [6.45, 7) is 6.90. The molecule has 0 aliphatic carbocycles. The molecule has 5 heteroatoms. The molecule has 0 saturated heterocycles. The zero-order chi connectivity index (χ0) is 12.1. The number of nitrogens with zero attached hydrogens (tertiary/aromatic N) is 2. The van der Waals surface area contributed by atoms with Crippen LogP contribution in [-0.2, 0) is 0 Å². The van der Waals surface area contributed by atoms with E-state index in [0.717, 1.165) is 11.4 Å². The van der Waals surface area contributed by atoms with Gasteiger partial charge in [-0.05, 0) is 11.8 Å². The Morgan fingerprint density at radius 3 is 2.62 bits per heavy atom. The van der Waals surface area contributed by atoms with Gasteiger partial charge >= 0.3 is 0 Å². The maximum absolute atomic E-state index is 8.95. The predicted octanol–water partition coefficient (Wildman–Crippen LogP) is 1.22. The quantitative estimate of drug-likeness (QED) is 0.700. The van der Waals surface area contributed by atoms with E-state index in [1.54, 1.807) is 0 Å². The maximum atomic E-state index is 8.95. The normalized spacial score (nSPS) is 12.8.